The van der Waals surface area contributed by atoms with Crippen molar-refractivity contribution in [3.8, 4) is 0 Å². The molecule has 1 N–H and O–H groups in total. The van der Waals surface area contributed by atoms with E-state index in [-0.39, 0.29) is 11.2 Å². The second-order valence-corrected chi connectivity index (χ2v) is 6.33. The Kier molecular flexibility index (Phi) is 4.74. The summed E-state index contributed by atoms with van der Waals surface area (Å²) in [5.41, 5.74) is 0.790. The van der Waals surface area contributed by atoms with E-state index in [1.807, 2.05) is 51.4 Å². The van der Waals surface area contributed by atoms with Crippen LogP contribution in [0.15, 0.2) is 39.9 Å². The summed E-state index contributed by atoms with van der Waals surface area (Å²) < 4.78 is 2.91. The van der Waals surface area contributed by atoms with E-state index in [1.54, 1.807) is 9.47 Å². The fourth-order valence-corrected chi connectivity index (χ4v) is 2.92. The fourth-order valence-electron chi connectivity index (χ4n) is 2.92. The monoisotopic (exact) mass is 341 g/mol. The third-order valence-electron chi connectivity index (χ3n) is 4.27. The SMILES string of the molecule is CCCCn1c(=O)c2c(N(C)C)[nH]nc2n(Cc2ccccc2)c1=O. The third-order valence-corrected chi connectivity index (χ3v) is 4.27. The van der Waals surface area contributed by atoms with Gasteiger partial charge in [-0.05, 0) is 12.0 Å². The molecule has 132 valence electrons. The van der Waals surface area contributed by atoms with Crippen molar-refractivity contribution in [2.45, 2.75) is 32.9 Å². The van der Waals surface area contributed by atoms with Crippen molar-refractivity contribution in [3.05, 3.63) is 56.7 Å². The van der Waals surface area contributed by atoms with Gasteiger partial charge < -0.3 is 4.90 Å². The Morgan fingerprint density at radius 1 is 1.12 bits per heavy atom. The van der Waals surface area contributed by atoms with Crippen LogP contribution in [0.2, 0.25) is 0 Å². The molecule has 0 spiro atoms. The van der Waals surface area contributed by atoms with Crippen LogP contribution in [0.3, 0.4) is 0 Å². The molecular weight excluding hydrogens is 318 g/mol. The number of aromatic nitrogens is 4. The summed E-state index contributed by atoms with van der Waals surface area (Å²) in [4.78, 5) is 27.7. The highest BCUT2D eigenvalue weighted by atomic mass is 16.2. The van der Waals surface area contributed by atoms with Gasteiger partial charge in [-0.3, -0.25) is 19.0 Å². The molecule has 0 aliphatic heterocycles. The Balaban J connectivity index is 2.27. The molecule has 0 radical (unpaired) electrons. The molecule has 0 unspecified atom stereocenters. The molecule has 0 aliphatic carbocycles. The molecule has 0 atom stereocenters. The molecule has 7 nitrogen and oxygen atoms in total. The number of benzene rings is 1. The minimum Gasteiger partial charge on any atom is -0.362 e. The van der Waals surface area contributed by atoms with Gasteiger partial charge >= 0.3 is 5.69 Å². The summed E-state index contributed by atoms with van der Waals surface area (Å²) in [7, 11) is 3.69. The minimum atomic E-state index is -0.313. The Hall–Kier alpha value is -2.83. The number of hydrogen-bond acceptors (Lipinski definition) is 4. The van der Waals surface area contributed by atoms with Crippen LogP contribution < -0.4 is 16.1 Å². The molecule has 0 fully saturated rings. The van der Waals surface area contributed by atoms with E-state index in [9.17, 15) is 9.59 Å². The molecule has 1 aromatic carbocycles. The van der Waals surface area contributed by atoms with Gasteiger partial charge in [0.25, 0.3) is 5.56 Å². The van der Waals surface area contributed by atoms with E-state index < -0.39 is 0 Å². The highest BCUT2D eigenvalue weighted by molar-refractivity contribution is 5.86. The van der Waals surface area contributed by atoms with E-state index >= 15 is 0 Å². The summed E-state index contributed by atoms with van der Waals surface area (Å²) in [5, 5.41) is 7.61. The lowest BCUT2D eigenvalue weighted by atomic mass is 10.2. The van der Waals surface area contributed by atoms with Crippen molar-refractivity contribution >= 4 is 16.9 Å². The van der Waals surface area contributed by atoms with Gasteiger partial charge in [0.2, 0.25) is 0 Å². The number of aromatic amines is 1. The molecule has 0 saturated heterocycles. The normalized spacial score (nSPS) is 11.2. The molecule has 25 heavy (non-hydrogen) atoms. The van der Waals surface area contributed by atoms with Gasteiger partial charge in [0.1, 0.15) is 11.2 Å². The van der Waals surface area contributed by atoms with Crippen LogP contribution in [0.5, 0.6) is 0 Å². The van der Waals surface area contributed by atoms with Crippen LogP contribution in [-0.4, -0.2) is 33.4 Å². The van der Waals surface area contributed by atoms with Gasteiger partial charge in [-0.25, -0.2) is 4.79 Å². The Morgan fingerprint density at radius 2 is 1.84 bits per heavy atom. The maximum absolute atomic E-state index is 13.0. The molecule has 2 aromatic heterocycles. The van der Waals surface area contributed by atoms with Crippen molar-refractivity contribution in [2.24, 2.45) is 0 Å². The van der Waals surface area contributed by atoms with Gasteiger partial charge in [-0.1, -0.05) is 43.7 Å². The van der Waals surface area contributed by atoms with E-state index in [2.05, 4.69) is 10.2 Å². The number of anilines is 1. The van der Waals surface area contributed by atoms with E-state index in [0.717, 1.165) is 18.4 Å². The third kappa shape index (κ3) is 3.09. The van der Waals surface area contributed by atoms with Crippen LogP contribution in [0, 0.1) is 0 Å². The quantitative estimate of drug-likeness (QED) is 0.742. The number of hydrogen-bond donors (Lipinski definition) is 1. The summed E-state index contributed by atoms with van der Waals surface area (Å²) >= 11 is 0. The highest BCUT2D eigenvalue weighted by Gasteiger charge is 2.20. The van der Waals surface area contributed by atoms with Gasteiger partial charge in [0, 0.05) is 20.6 Å². The lowest BCUT2D eigenvalue weighted by molar-refractivity contribution is 0.557. The molecule has 2 heterocycles. The molecular formula is C18H23N5O2. The van der Waals surface area contributed by atoms with Crippen LogP contribution in [0.25, 0.3) is 11.0 Å². The summed E-state index contributed by atoms with van der Waals surface area (Å²) in [6, 6.07) is 9.71. The summed E-state index contributed by atoms with van der Waals surface area (Å²) in [6.45, 7) is 2.83. The highest BCUT2D eigenvalue weighted by Crippen LogP contribution is 2.18. The van der Waals surface area contributed by atoms with Gasteiger partial charge in [-0.2, -0.15) is 5.10 Å². The first kappa shape index (κ1) is 17.0. The van der Waals surface area contributed by atoms with Crippen molar-refractivity contribution in [1.29, 1.82) is 0 Å². The topological polar surface area (TPSA) is 75.9 Å². The van der Waals surface area contributed by atoms with Crippen LogP contribution in [0.4, 0.5) is 5.82 Å². The number of nitrogens with zero attached hydrogens (tertiary/aromatic N) is 4. The zero-order valence-corrected chi connectivity index (χ0v) is 14.8. The molecule has 7 heteroatoms. The molecule has 0 bridgehead atoms. The number of fused-ring (bicyclic) bond motifs is 1. The standard InChI is InChI=1S/C18H23N5O2/c1-4-5-11-22-17(24)14-15(21(2)3)19-20-16(14)23(18(22)25)12-13-9-7-6-8-10-13/h6-10H,4-5,11-12H2,1-3H3,(H,19,20). The fraction of sp³-hybridized carbons (Fsp3) is 0.389. The van der Waals surface area contributed by atoms with Gasteiger partial charge in [0.05, 0.1) is 6.54 Å². The number of H-pyrrole nitrogens is 1. The zero-order chi connectivity index (χ0) is 18.0. The molecule has 0 saturated carbocycles. The first-order valence-electron chi connectivity index (χ1n) is 8.47. The van der Waals surface area contributed by atoms with Crippen LogP contribution in [-0.2, 0) is 13.1 Å². The Morgan fingerprint density at radius 3 is 2.48 bits per heavy atom. The van der Waals surface area contributed by atoms with Crippen molar-refractivity contribution in [2.75, 3.05) is 19.0 Å². The average molecular weight is 341 g/mol. The van der Waals surface area contributed by atoms with Crippen molar-refractivity contribution in [1.82, 2.24) is 19.3 Å². The molecule has 3 rings (SSSR count). The second-order valence-electron chi connectivity index (χ2n) is 6.33. The lowest BCUT2D eigenvalue weighted by Gasteiger charge is -2.13. The first-order chi connectivity index (χ1) is 12.0. The van der Waals surface area contributed by atoms with Crippen molar-refractivity contribution < 1.29 is 0 Å². The predicted molar refractivity (Wildman–Crippen MR) is 99.4 cm³/mol. The second kappa shape index (κ2) is 6.96. The smallest absolute Gasteiger partial charge is 0.333 e. The molecule has 0 amide bonds. The van der Waals surface area contributed by atoms with Crippen LogP contribution >= 0.6 is 0 Å². The minimum absolute atomic E-state index is 0.282. The van der Waals surface area contributed by atoms with Crippen molar-refractivity contribution in [3.63, 3.8) is 0 Å². The number of nitrogens with one attached hydrogen (secondary N) is 1. The summed E-state index contributed by atoms with van der Waals surface area (Å²) in [6.07, 6.45) is 1.69. The first-order valence-corrected chi connectivity index (χ1v) is 8.47. The average Bonchev–Trinajstić information content (AvgIpc) is 3.05. The zero-order valence-electron chi connectivity index (χ0n) is 14.8. The summed E-state index contributed by atoms with van der Waals surface area (Å²) in [5.74, 6) is 0.618. The van der Waals surface area contributed by atoms with E-state index in [4.69, 9.17) is 0 Å². The maximum Gasteiger partial charge on any atom is 0.333 e. The number of unbranched alkanes of at least 4 members (excludes halogenated alkanes) is 1. The molecule has 3 aromatic rings. The van der Waals surface area contributed by atoms with Gasteiger partial charge in [0.15, 0.2) is 5.65 Å². The largest absolute Gasteiger partial charge is 0.362 e. The number of rotatable bonds is 6. The Labute approximate surface area is 145 Å². The van der Waals surface area contributed by atoms with E-state index in [1.165, 1.54) is 4.57 Å². The lowest BCUT2D eigenvalue weighted by Crippen LogP contribution is -2.40. The Bertz CT molecular complexity index is 982. The predicted octanol–water partition coefficient (Wildman–Crippen LogP) is 1.80. The van der Waals surface area contributed by atoms with E-state index in [0.29, 0.717) is 29.9 Å². The maximum atomic E-state index is 13.0. The van der Waals surface area contributed by atoms with Crippen LogP contribution in [0.1, 0.15) is 25.3 Å². The molecule has 0 aliphatic rings. The van der Waals surface area contributed by atoms with Gasteiger partial charge in [-0.15, -0.1) is 0 Å².